The summed E-state index contributed by atoms with van der Waals surface area (Å²) >= 11 is 0. The number of piperazine rings is 1. The summed E-state index contributed by atoms with van der Waals surface area (Å²) in [4.78, 5) is 22.5. The first kappa shape index (κ1) is 15.9. The molecule has 0 atom stereocenters. The monoisotopic (exact) mass is 245 g/mol. The minimum atomic E-state index is -0.693. The van der Waals surface area contributed by atoms with Crippen LogP contribution in [0.3, 0.4) is 0 Å². The predicted molar refractivity (Wildman–Crippen MR) is 65.7 cm³/mol. The molecule has 0 aromatic carbocycles. The Bertz CT molecular complexity index is 228. The van der Waals surface area contributed by atoms with Gasteiger partial charge in [0.1, 0.15) is 0 Å². The molecule has 1 rings (SSSR count). The zero-order chi connectivity index (χ0) is 13.1. The average Bonchev–Trinajstić information content (AvgIpc) is 2.37. The third kappa shape index (κ3) is 8.65. The summed E-state index contributed by atoms with van der Waals surface area (Å²) in [6, 6.07) is 0. The number of amides is 1. The van der Waals surface area contributed by atoms with Gasteiger partial charge in [-0.25, -0.2) is 0 Å². The van der Waals surface area contributed by atoms with Crippen LogP contribution in [0.25, 0.3) is 0 Å². The Morgan fingerprint density at radius 1 is 1.35 bits per heavy atom. The van der Waals surface area contributed by atoms with Crippen molar-refractivity contribution in [3.63, 3.8) is 0 Å². The summed E-state index contributed by atoms with van der Waals surface area (Å²) in [6.45, 7) is 5.51. The minimum Gasteiger partial charge on any atom is -0.481 e. The van der Waals surface area contributed by atoms with Crippen molar-refractivity contribution < 1.29 is 14.7 Å². The van der Waals surface area contributed by atoms with Crippen LogP contribution in [-0.2, 0) is 9.59 Å². The second-order valence-electron chi connectivity index (χ2n) is 3.83. The summed E-state index contributed by atoms with van der Waals surface area (Å²) in [7, 11) is 0. The Morgan fingerprint density at radius 3 is 2.29 bits per heavy atom. The van der Waals surface area contributed by atoms with E-state index >= 15 is 0 Å². The van der Waals surface area contributed by atoms with E-state index in [9.17, 15) is 9.59 Å². The SMILES string of the molecule is CCCCC(=O)O.NCC(=O)N1CCNCC1. The Labute approximate surface area is 102 Å². The molecule has 1 aliphatic heterocycles. The molecule has 0 radical (unpaired) electrons. The summed E-state index contributed by atoms with van der Waals surface area (Å²) in [5.74, 6) is -0.636. The van der Waals surface area contributed by atoms with Gasteiger partial charge >= 0.3 is 5.97 Å². The molecule has 17 heavy (non-hydrogen) atoms. The van der Waals surface area contributed by atoms with Crippen molar-refractivity contribution in [2.75, 3.05) is 32.7 Å². The summed E-state index contributed by atoms with van der Waals surface area (Å²) in [6.07, 6.45) is 2.08. The highest BCUT2D eigenvalue weighted by molar-refractivity contribution is 5.78. The molecule has 0 spiro atoms. The van der Waals surface area contributed by atoms with Gasteiger partial charge in [0.25, 0.3) is 0 Å². The molecule has 1 amide bonds. The van der Waals surface area contributed by atoms with Gasteiger partial charge in [-0.1, -0.05) is 13.3 Å². The number of nitrogens with two attached hydrogens (primary N) is 1. The van der Waals surface area contributed by atoms with Gasteiger partial charge in [0, 0.05) is 32.6 Å². The van der Waals surface area contributed by atoms with Crippen molar-refractivity contribution in [1.82, 2.24) is 10.2 Å². The Hall–Kier alpha value is -1.14. The first-order chi connectivity index (χ1) is 8.11. The first-order valence-corrected chi connectivity index (χ1v) is 6.02. The number of carboxylic acid groups (broad SMARTS) is 1. The van der Waals surface area contributed by atoms with E-state index in [1.807, 2.05) is 6.92 Å². The third-order valence-electron chi connectivity index (χ3n) is 2.39. The Kier molecular flexibility index (Phi) is 9.37. The largest absolute Gasteiger partial charge is 0.481 e. The van der Waals surface area contributed by atoms with E-state index in [1.54, 1.807) is 4.90 Å². The molecule has 0 aliphatic carbocycles. The Morgan fingerprint density at radius 2 is 1.94 bits per heavy atom. The number of hydrogen-bond donors (Lipinski definition) is 3. The molecule has 0 bridgehead atoms. The highest BCUT2D eigenvalue weighted by Gasteiger charge is 2.13. The lowest BCUT2D eigenvalue weighted by Crippen LogP contribution is -2.48. The van der Waals surface area contributed by atoms with Crippen LogP contribution >= 0.6 is 0 Å². The molecule has 6 nitrogen and oxygen atoms in total. The molecule has 1 saturated heterocycles. The van der Waals surface area contributed by atoms with Gasteiger partial charge in [0.2, 0.25) is 5.91 Å². The summed E-state index contributed by atoms with van der Waals surface area (Å²) in [5.41, 5.74) is 5.19. The van der Waals surface area contributed by atoms with E-state index in [2.05, 4.69) is 5.32 Å². The van der Waals surface area contributed by atoms with Crippen LogP contribution < -0.4 is 11.1 Å². The second kappa shape index (κ2) is 10.0. The molecular formula is C11H23N3O3. The van der Waals surface area contributed by atoms with Gasteiger partial charge in [-0.15, -0.1) is 0 Å². The van der Waals surface area contributed by atoms with Crippen LogP contribution in [0.2, 0.25) is 0 Å². The molecular weight excluding hydrogens is 222 g/mol. The predicted octanol–water partition coefficient (Wildman–Crippen LogP) is -0.362. The summed E-state index contributed by atoms with van der Waals surface area (Å²) < 4.78 is 0. The fourth-order valence-corrected chi connectivity index (χ4v) is 1.37. The smallest absolute Gasteiger partial charge is 0.303 e. The number of rotatable bonds is 4. The number of carbonyl (C=O) groups excluding carboxylic acids is 1. The molecule has 1 aliphatic rings. The lowest BCUT2D eigenvalue weighted by molar-refractivity contribution is -0.137. The number of unbranched alkanes of at least 4 members (excludes halogenated alkanes) is 1. The molecule has 0 aromatic rings. The van der Waals surface area contributed by atoms with Gasteiger partial charge < -0.3 is 21.1 Å². The van der Waals surface area contributed by atoms with Crippen molar-refractivity contribution in [3.8, 4) is 0 Å². The van der Waals surface area contributed by atoms with Crippen LogP contribution in [0.15, 0.2) is 0 Å². The topological polar surface area (TPSA) is 95.7 Å². The second-order valence-corrected chi connectivity index (χ2v) is 3.83. The number of carboxylic acids is 1. The molecule has 1 fully saturated rings. The Balaban J connectivity index is 0.000000325. The van der Waals surface area contributed by atoms with E-state index < -0.39 is 5.97 Å². The number of nitrogens with one attached hydrogen (secondary N) is 1. The molecule has 0 saturated carbocycles. The third-order valence-corrected chi connectivity index (χ3v) is 2.39. The molecule has 4 N–H and O–H groups in total. The quantitative estimate of drug-likeness (QED) is 0.628. The number of hydrogen-bond acceptors (Lipinski definition) is 4. The van der Waals surface area contributed by atoms with Crippen molar-refractivity contribution in [2.45, 2.75) is 26.2 Å². The standard InChI is InChI=1S/C6H13N3O.C5H10O2/c7-5-6(10)9-3-1-8-2-4-9;1-2-3-4-5(6)7/h8H,1-5,7H2;2-4H2,1H3,(H,6,7). The van der Waals surface area contributed by atoms with Crippen molar-refractivity contribution in [1.29, 1.82) is 0 Å². The maximum Gasteiger partial charge on any atom is 0.303 e. The zero-order valence-corrected chi connectivity index (χ0v) is 10.4. The van der Waals surface area contributed by atoms with Gasteiger partial charge in [-0.05, 0) is 6.42 Å². The fraction of sp³-hybridized carbons (Fsp3) is 0.818. The molecule has 100 valence electrons. The van der Waals surface area contributed by atoms with Crippen molar-refractivity contribution in [2.24, 2.45) is 5.73 Å². The van der Waals surface area contributed by atoms with Gasteiger partial charge in [0.05, 0.1) is 6.54 Å². The highest BCUT2D eigenvalue weighted by atomic mass is 16.4. The van der Waals surface area contributed by atoms with Crippen molar-refractivity contribution >= 4 is 11.9 Å². The number of nitrogens with zero attached hydrogens (tertiary/aromatic N) is 1. The lowest BCUT2D eigenvalue weighted by Gasteiger charge is -2.26. The lowest BCUT2D eigenvalue weighted by atomic mass is 10.3. The molecule has 0 aromatic heterocycles. The number of carbonyl (C=O) groups is 2. The van der Waals surface area contributed by atoms with Gasteiger partial charge in [0.15, 0.2) is 0 Å². The van der Waals surface area contributed by atoms with Crippen LogP contribution in [0.4, 0.5) is 0 Å². The zero-order valence-electron chi connectivity index (χ0n) is 10.4. The summed E-state index contributed by atoms with van der Waals surface area (Å²) in [5, 5.41) is 11.2. The molecule has 0 unspecified atom stereocenters. The maximum absolute atomic E-state index is 10.9. The average molecular weight is 245 g/mol. The van der Waals surface area contributed by atoms with E-state index in [0.29, 0.717) is 6.42 Å². The molecule has 6 heteroatoms. The molecule has 1 heterocycles. The highest BCUT2D eigenvalue weighted by Crippen LogP contribution is 1.91. The van der Waals surface area contributed by atoms with E-state index in [0.717, 1.165) is 39.0 Å². The van der Waals surface area contributed by atoms with Gasteiger partial charge in [-0.2, -0.15) is 0 Å². The van der Waals surface area contributed by atoms with E-state index in [1.165, 1.54) is 0 Å². The minimum absolute atomic E-state index is 0.0569. The van der Waals surface area contributed by atoms with Crippen LogP contribution in [0.1, 0.15) is 26.2 Å². The first-order valence-electron chi connectivity index (χ1n) is 6.02. The van der Waals surface area contributed by atoms with E-state index in [4.69, 9.17) is 10.8 Å². The van der Waals surface area contributed by atoms with Gasteiger partial charge in [-0.3, -0.25) is 9.59 Å². The maximum atomic E-state index is 10.9. The normalized spacial score (nSPS) is 14.8. The van der Waals surface area contributed by atoms with E-state index in [-0.39, 0.29) is 12.5 Å². The van der Waals surface area contributed by atoms with Crippen molar-refractivity contribution in [3.05, 3.63) is 0 Å². The van der Waals surface area contributed by atoms with Crippen LogP contribution in [-0.4, -0.2) is 54.6 Å². The van der Waals surface area contributed by atoms with Crippen LogP contribution in [0.5, 0.6) is 0 Å². The number of aliphatic carboxylic acids is 1. The van der Waals surface area contributed by atoms with Crippen LogP contribution in [0, 0.1) is 0 Å². The fourth-order valence-electron chi connectivity index (χ4n) is 1.37.